The molecule has 0 rings (SSSR count). The van der Waals surface area contributed by atoms with Gasteiger partial charge in [0.1, 0.15) is 36.6 Å². The number of unbranched alkanes of at least 4 members (excludes halogenated alkanes) is 27. The Balaban J connectivity index is -0.000000340. The zero-order valence-electron chi connectivity index (χ0n) is 39.8. The van der Waals surface area contributed by atoms with E-state index in [1.807, 2.05) is 0 Å². The number of thiol groups is 1. The molecule has 0 spiro atoms. The van der Waals surface area contributed by atoms with Gasteiger partial charge in [-0.25, -0.2) is 0 Å². The van der Waals surface area contributed by atoms with Crippen LogP contribution in [0.15, 0.2) is 0 Å². The van der Waals surface area contributed by atoms with Gasteiger partial charge in [0.25, 0.3) is 0 Å². The van der Waals surface area contributed by atoms with Crippen LogP contribution >= 0.6 is 36.2 Å². The third-order valence-corrected chi connectivity index (χ3v) is 14.3. The van der Waals surface area contributed by atoms with Gasteiger partial charge < -0.3 is 45.6 Å². The van der Waals surface area contributed by atoms with E-state index in [0.29, 0.717) is 0 Å². The van der Waals surface area contributed by atoms with Gasteiger partial charge in [0.2, 0.25) is 0 Å². The molecular weight excluding hydrogens is 880 g/mol. The Morgan fingerprint density at radius 1 is 0.403 bits per heavy atom. The fourth-order valence-electron chi connectivity index (χ4n) is 6.64. The Hall–Kier alpha value is 0.984. The van der Waals surface area contributed by atoms with Crippen LogP contribution in [0.5, 0.6) is 0 Å². The first-order chi connectivity index (χ1) is 28.9. The van der Waals surface area contributed by atoms with Crippen LogP contribution in [0.4, 0.5) is 0 Å². The first kappa shape index (κ1) is 72.0. The van der Waals surface area contributed by atoms with Gasteiger partial charge in [-0.05, 0) is 50.4 Å². The molecule has 8 atom stereocenters. The molecule has 62 heavy (non-hydrogen) atoms. The molecule has 0 bridgehead atoms. The van der Waals surface area contributed by atoms with E-state index in [1.54, 1.807) is 23.5 Å². The van der Waals surface area contributed by atoms with Crippen molar-refractivity contribution in [1.82, 2.24) is 0 Å². The number of aldehydes is 1. The predicted molar refractivity (Wildman–Crippen MR) is 270 cm³/mol. The minimum atomic E-state index is -1.65. The molecule has 0 aliphatic rings. The molecule has 0 aromatic carbocycles. The Bertz CT molecular complexity index is 802. The third-order valence-electron chi connectivity index (χ3n) is 10.9. The van der Waals surface area contributed by atoms with Crippen molar-refractivity contribution in [3.8, 4) is 0 Å². The molecule has 8 N–H and O–H groups in total. The number of rotatable bonds is 42. The van der Waals surface area contributed by atoms with Crippen LogP contribution in [0, 0.1) is 0 Å². The minimum Gasteiger partial charge on any atom is -0.391 e. The number of carbonyl (C=O) groups excluding carboxylic acids is 1. The molecular formula is C49H104O9S3V. The average molecular weight is 985 g/mol. The summed E-state index contributed by atoms with van der Waals surface area (Å²) in [5.74, 6) is 2.98. The van der Waals surface area contributed by atoms with Gasteiger partial charge in [-0.1, -0.05) is 202 Å². The van der Waals surface area contributed by atoms with E-state index >= 15 is 0 Å². The Kier molecular flexibility index (Phi) is 65.4. The van der Waals surface area contributed by atoms with E-state index in [-0.39, 0.29) is 36.9 Å². The second-order valence-electron chi connectivity index (χ2n) is 16.9. The summed E-state index contributed by atoms with van der Waals surface area (Å²) >= 11 is 7.61. The van der Waals surface area contributed by atoms with E-state index in [1.165, 1.54) is 194 Å². The number of aliphatic hydroxyl groups is 8. The first-order valence-electron chi connectivity index (χ1n) is 24.6. The number of hydrogen-bond donors (Lipinski definition) is 9. The summed E-state index contributed by atoms with van der Waals surface area (Å²) in [4.78, 5) is 9.87. The molecule has 0 aromatic heterocycles. The van der Waals surface area contributed by atoms with Crippen LogP contribution in [0.3, 0.4) is 0 Å². The quantitative estimate of drug-likeness (QED) is 0.0123. The number of carbonyl (C=O) groups is 1. The van der Waals surface area contributed by atoms with Gasteiger partial charge in [-0.15, -0.1) is 23.5 Å². The monoisotopic (exact) mass is 984 g/mol. The molecule has 377 valence electrons. The maximum atomic E-state index is 10.8. The van der Waals surface area contributed by atoms with Crippen molar-refractivity contribution < 1.29 is 64.2 Å². The summed E-state index contributed by atoms with van der Waals surface area (Å²) in [5.41, 5.74) is 0. The standard InChI is InChI=1S/C30H62O4S2.C12H26S.C6H12O5.CH4.V/c1-4-6-8-10-12-14-16-18-20-22-24-35-30(29(34)28(33)27(32)26(3)31)36-25-23-21-19-17-15-13-11-9-7-5-2;1-2-3-4-5-6-7-8-9-10-11-12-13;1-3(8)5(10)6(11)4(9)2-7;;/h26-34H,4-25H2,1-3H3;13H,2-12H2,1H3;2-6,8-11H,1H3;1H4;/t26-,27-,28+,29+;;3-,4-,5-,6-;;/m0.0../s1. The molecule has 0 fully saturated rings. The van der Waals surface area contributed by atoms with Crippen molar-refractivity contribution >= 4 is 42.4 Å². The maximum Gasteiger partial charge on any atom is 0.151 e. The fourth-order valence-corrected chi connectivity index (χ4v) is 9.75. The summed E-state index contributed by atoms with van der Waals surface area (Å²) < 4.78 is -0.175. The van der Waals surface area contributed by atoms with E-state index in [0.717, 1.165) is 30.1 Å². The molecule has 0 amide bonds. The van der Waals surface area contributed by atoms with Crippen molar-refractivity contribution in [3.05, 3.63) is 0 Å². The largest absolute Gasteiger partial charge is 0.391 e. The predicted octanol–water partition coefficient (Wildman–Crippen LogP) is 11.2. The molecule has 0 saturated heterocycles. The summed E-state index contributed by atoms with van der Waals surface area (Å²) in [5, 5.41) is 75.9. The Labute approximate surface area is 409 Å². The zero-order chi connectivity index (χ0) is 45.7. The summed E-state index contributed by atoms with van der Waals surface area (Å²) in [6, 6.07) is 0. The molecule has 1 radical (unpaired) electrons. The summed E-state index contributed by atoms with van der Waals surface area (Å²) in [6.07, 6.45) is 29.7. The van der Waals surface area contributed by atoms with Gasteiger partial charge in [0, 0.05) is 18.6 Å². The zero-order valence-corrected chi connectivity index (χ0v) is 43.7. The van der Waals surface area contributed by atoms with Crippen LogP contribution < -0.4 is 0 Å². The van der Waals surface area contributed by atoms with Crippen LogP contribution in [-0.4, -0.2) is 118 Å². The Morgan fingerprint density at radius 2 is 0.661 bits per heavy atom. The first-order valence-corrected chi connectivity index (χ1v) is 27.3. The van der Waals surface area contributed by atoms with E-state index in [9.17, 15) is 25.2 Å². The van der Waals surface area contributed by atoms with Crippen LogP contribution in [0.1, 0.15) is 235 Å². The smallest absolute Gasteiger partial charge is 0.151 e. The fraction of sp³-hybridized carbons (Fsp3) is 0.980. The summed E-state index contributed by atoms with van der Waals surface area (Å²) in [7, 11) is 0. The topological polar surface area (TPSA) is 179 Å². The third kappa shape index (κ3) is 48.9. The average Bonchev–Trinajstić information content (AvgIpc) is 3.24. The van der Waals surface area contributed by atoms with Gasteiger partial charge in [0.15, 0.2) is 6.29 Å². The van der Waals surface area contributed by atoms with Gasteiger partial charge >= 0.3 is 0 Å². The van der Waals surface area contributed by atoms with Crippen molar-refractivity contribution in [2.75, 3.05) is 17.3 Å². The summed E-state index contributed by atoms with van der Waals surface area (Å²) in [6.45, 7) is 9.48. The molecule has 0 heterocycles. The van der Waals surface area contributed by atoms with E-state index in [4.69, 9.17) is 20.4 Å². The van der Waals surface area contributed by atoms with Crippen LogP contribution in [0.2, 0.25) is 0 Å². The SMILES string of the molecule is C.CCCCCCCCCCCCS.CCCCCCCCCCCCSC(SCCCCCCCCCCCC)[C@H](O)[C@H](O)[C@@H](O)[C@H](C)O.C[C@H](O)[C@H](O)[C@@H](O)[C@@H](O)C=O.[V]. The molecule has 9 nitrogen and oxygen atoms in total. The van der Waals surface area contributed by atoms with Crippen molar-refractivity contribution in [2.45, 2.75) is 288 Å². The number of thioether (sulfide) groups is 2. The second-order valence-corrected chi connectivity index (χ2v) is 20.2. The molecule has 0 saturated carbocycles. The second kappa shape index (κ2) is 56.3. The van der Waals surface area contributed by atoms with Gasteiger partial charge in [-0.3, -0.25) is 0 Å². The minimum absolute atomic E-state index is 0. The van der Waals surface area contributed by atoms with Crippen molar-refractivity contribution in [2.24, 2.45) is 0 Å². The van der Waals surface area contributed by atoms with Crippen molar-refractivity contribution in [1.29, 1.82) is 0 Å². The molecule has 0 aliphatic heterocycles. The van der Waals surface area contributed by atoms with Gasteiger partial charge in [-0.2, -0.15) is 12.6 Å². The van der Waals surface area contributed by atoms with Crippen molar-refractivity contribution in [3.63, 3.8) is 0 Å². The normalized spacial score (nSPS) is 15.0. The van der Waals surface area contributed by atoms with E-state index < -0.39 is 48.8 Å². The molecule has 13 heteroatoms. The number of hydrogen-bond acceptors (Lipinski definition) is 12. The molecule has 0 unspecified atom stereocenters. The van der Waals surface area contributed by atoms with Crippen LogP contribution in [0.25, 0.3) is 0 Å². The molecule has 0 aliphatic carbocycles. The van der Waals surface area contributed by atoms with E-state index in [2.05, 4.69) is 33.4 Å². The number of aliphatic hydroxyl groups excluding tert-OH is 8. The van der Waals surface area contributed by atoms with Crippen LogP contribution in [-0.2, 0) is 23.4 Å². The Morgan fingerprint density at radius 3 is 0.919 bits per heavy atom. The van der Waals surface area contributed by atoms with Gasteiger partial charge in [0.05, 0.1) is 16.8 Å². The molecule has 0 aromatic rings. The maximum absolute atomic E-state index is 10.8.